The van der Waals surface area contributed by atoms with Crippen LogP contribution in [0.15, 0.2) is 42.5 Å². The van der Waals surface area contributed by atoms with Gasteiger partial charge in [-0.05, 0) is 35.9 Å². The number of methoxy groups -OCH3 is 1. The van der Waals surface area contributed by atoms with Crippen molar-refractivity contribution in [1.29, 1.82) is 0 Å². The van der Waals surface area contributed by atoms with Crippen molar-refractivity contribution in [3.63, 3.8) is 0 Å². The molecule has 1 aliphatic heterocycles. The van der Waals surface area contributed by atoms with Gasteiger partial charge >= 0.3 is 0 Å². The zero-order valence-corrected chi connectivity index (χ0v) is 14.6. The first kappa shape index (κ1) is 15.4. The van der Waals surface area contributed by atoms with Crippen LogP contribution in [0.25, 0.3) is 11.0 Å². The van der Waals surface area contributed by atoms with Crippen molar-refractivity contribution in [1.82, 2.24) is 13.6 Å². The molecule has 1 unspecified atom stereocenters. The summed E-state index contributed by atoms with van der Waals surface area (Å²) in [6.45, 7) is 0.735. The van der Waals surface area contributed by atoms with E-state index in [9.17, 15) is 4.79 Å². The third-order valence-corrected chi connectivity index (χ3v) is 5.85. The molecule has 0 aliphatic carbocycles. The minimum Gasteiger partial charge on any atom is -0.497 e. The molecule has 0 saturated carbocycles. The summed E-state index contributed by atoms with van der Waals surface area (Å²) in [6.07, 6.45) is 0. The van der Waals surface area contributed by atoms with Gasteiger partial charge in [0, 0.05) is 17.9 Å². The molecule has 1 saturated heterocycles. The highest BCUT2D eigenvalue weighted by molar-refractivity contribution is 7.99. The molecule has 1 fully saturated rings. The van der Waals surface area contributed by atoms with Crippen LogP contribution < -0.4 is 4.74 Å². The number of aromatic nitrogens is 2. The number of ether oxygens (including phenoxy) is 1. The molecule has 0 N–H and O–H groups in total. The summed E-state index contributed by atoms with van der Waals surface area (Å²) < 4.78 is 13.7. The second kappa shape index (κ2) is 6.41. The number of carbonyl (C=O) groups excluding carboxylic acids is 1. The fourth-order valence-corrected chi connectivity index (χ4v) is 4.59. The van der Waals surface area contributed by atoms with Crippen LogP contribution in [-0.4, -0.2) is 39.0 Å². The Hall–Kier alpha value is -2.12. The predicted molar refractivity (Wildman–Crippen MR) is 96.6 cm³/mol. The van der Waals surface area contributed by atoms with Crippen LogP contribution >= 0.6 is 23.5 Å². The summed E-state index contributed by atoms with van der Waals surface area (Å²) >= 11 is 2.94. The third-order valence-electron chi connectivity index (χ3n) is 4.03. The molecule has 5 nitrogen and oxygen atoms in total. The zero-order valence-electron chi connectivity index (χ0n) is 13.0. The van der Waals surface area contributed by atoms with E-state index in [2.05, 4.69) is 8.75 Å². The lowest BCUT2D eigenvalue weighted by Gasteiger charge is -2.24. The minimum atomic E-state index is 0.0110. The van der Waals surface area contributed by atoms with Crippen LogP contribution in [0.5, 0.6) is 5.75 Å². The molecule has 122 valence electrons. The topological polar surface area (TPSA) is 55.3 Å². The van der Waals surface area contributed by atoms with Crippen molar-refractivity contribution in [3.05, 3.63) is 53.6 Å². The van der Waals surface area contributed by atoms with Crippen LogP contribution in [0.3, 0.4) is 0 Å². The SMILES string of the molecule is COc1cccc(C2SCCN2C(=O)c2ccc3nsnc3c2)c1. The van der Waals surface area contributed by atoms with Gasteiger partial charge in [-0.15, -0.1) is 11.8 Å². The first-order valence-corrected chi connectivity index (χ1v) is 9.33. The van der Waals surface area contributed by atoms with E-state index in [4.69, 9.17) is 4.74 Å². The van der Waals surface area contributed by atoms with E-state index in [1.165, 1.54) is 0 Å². The van der Waals surface area contributed by atoms with Crippen molar-refractivity contribution in [2.45, 2.75) is 5.37 Å². The molecular formula is C17H15N3O2S2. The molecule has 1 amide bonds. The monoisotopic (exact) mass is 357 g/mol. The van der Waals surface area contributed by atoms with Crippen molar-refractivity contribution >= 4 is 40.4 Å². The van der Waals surface area contributed by atoms with Crippen molar-refractivity contribution in [2.24, 2.45) is 0 Å². The Balaban J connectivity index is 1.64. The Morgan fingerprint density at radius 2 is 2.08 bits per heavy atom. The fraction of sp³-hybridized carbons (Fsp3) is 0.235. The first-order valence-electron chi connectivity index (χ1n) is 7.55. The van der Waals surface area contributed by atoms with Gasteiger partial charge in [-0.2, -0.15) is 8.75 Å². The predicted octanol–water partition coefficient (Wildman–Crippen LogP) is 3.59. The van der Waals surface area contributed by atoms with E-state index in [-0.39, 0.29) is 11.3 Å². The lowest BCUT2D eigenvalue weighted by Crippen LogP contribution is -2.30. The highest BCUT2D eigenvalue weighted by Gasteiger charge is 2.31. The number of thioether (sulfide) groups is 1. The highest BCUT2D eigenvalue weighted by Crippen LogP contribution is 2.39. The largest absolute Gasteiger partial charge is 0.497 e. The number of hydrogen-bond acceptors (Lipinski definition) is 6. The molecule has 1 atom stereocenters. The molecule has 2 aromatic carbocycles. The number of benzene rings is 2. The Morgan fingerprint density at radius 1 is 1.21 bits per heavy atom. The van der Waals surface area contributed by atoms with E-state index in [1.54, 1.807) is 18.9 Å². The number of carbonyl (C=O) groups is 1. The van der Waals surface area contributed by atoms with E-state index in [0.29, 0.717) is 5.56 Å². The fourth-order valence-electron chi connectivity index (χ4n) is 2.83. The average Bonchev–Trinajstić information content (AvgIpc) is 3.29. The molecule has 0 spiro atoms. The summed E-state index contributed by atoms with van der Waals surface area (Å²) in [5.41, 5.74) is 3.35. The molecule has 1 aromatic heterocycles. The highest BCUT2D eigenvalue weighted by atomic mass is 32.2. The van der Waals surface area contributed by atoms with Gasteiger partial charge in [0.1, 0.15) is 22.2 Å². The normalized spacial score (nSPS) is 17.4. The summed E-state index contributed by atoms with van der Waals surface area (Å²) in [6, 6.07) is 13.4. The summed E-state index contributed by atoms with van der Waals surface area (Å²) in [4.78, 5) is 14.9. The van der Waals surface area contributed by atoms with Gasteiger partial charge in [-0.3, -0.25) is 4.79 Å². The molecule has 7 heteroatoms. The Bertz CT molecular complexity index is 896. The van der Waals surface area contributed by atoms with Gasteiger partial charge in [0.2, 0.25) is 0 Å². The smallest absolute Gasteiger partial charge is 0.255 e. The van der Waals surface area contributed by atoms with Gasteiger partial charge in [-0.25, -0.2) is 0 Å². The molecule has 4 rings (SSSR count). The summed E-state index contributed by atoms with van der Waals surface area (Å²) in [7, 11) is 1.65. The number of rotatable bonds is 3. The van der Waals surface area contributed by atoms with Gasteiger partial charge in [-0.1, -0.05) is 12.1 Å². The van der Waals surface area contributed by atoms with E-state index < -0.39 is 0 Å². The maximum Gasteiger partial charge on any atom is 0.255 e. The van der Waals surface area contributed by atoms with Crippen LogP contribution in [0.4, 0.5) is 0 Å². The quantitative estimate of drug-likeness (QED) is 0.717. The summed E-state index contributed by atoms with van der Waals surface area (Å²) in [5, 5.41) is 0.0110. The van der Waals surface area contributed by atoms with E-state index >= 15 is 0 Å². The molecule has 1 aliphatic rings. The maximum absolute atomic E-state index is 13.0. The van der Waals surface area contributed by atoms with Crippen molar-refractivity contribution in [2.75, 3.05) is 19.4 Å². The number of hydrogen-bond donors (Lipinski definition) is 0. The van der Waals surface area contributed by atoms with E-state index in [0.717, 1.165) is 46.4 Å². The molecule has 0 radical (unpaired) electrons. The van der Waals surface area contributed by atoms with Crippen LogP contribution in [0.1, 0.15) is 21.3 Å². The molecular weight excluding hydrogens is 342 g/mol. The molecule has 0 bridgehead atoms. The minimum absolute atomic E-state index is 0.0110. The number of fused-ring (bicyclic) bond motifs is 1. The van der Waals surface area contributed by atoms with Gasteiger partial charge in [0.15, 0.2) is 0 Å². The standard InChI is InChI=1S/C17H15N3O2S2/c1-22-13-4-2-3-12(9-13)17-20(7-8-23-17)16(21)11-5-6-14-15(10-11)19-24-18-14/h2-6,9-10,17H,7-8H2,1H3. The van der Waals surface area contributed by atoms with Crippen LogP contribution in [-0.2, 0) is 0 Å². The second-order valence-electron chi connectivity index (χ2n) is 5.47. The lowest BCUT2D eigenvalue weighted by molar-refractivity contribution is 0.0760. The first-order chi connectivity index (χ1) is 11.8. The number of amides is 1. The Labute approximate surface area is 148 Å². The average molecular weight is 357 g/mol. The van der Waals surface area contributed by atoms with Crippen LogP contribution in [0, 0.1) is 0 Å². The lowest BCUT2D eigenvalue weighted by atomic mass is 10.1. The van der Waals surface area contributed by atoms with Gasteiger partial charge in [0.25, 0.3) is 5.91 Å². The second-order valence-corrected chi connectivity index (χ2v) is 7.18. The van der Waals surface area contributed by atoms with E-state index in [1.807, 2.05) is 47.4 Å². The summed E-state index contributed by atoms with van der Waals surface area (Å²) in [5.74, 6) is 1.76. The Morgan fingerprint density at radius 3 is 2.96 bits per heavy atom. The van der Waals surface area contributed by atoms with Crippen molar-refractivity contribution < 1.29 is 9.53 Å². The van der Waals surface area contributed by atoms with Gasteiger partial charge < -0.3 is 9.64 Å². The van der Waals surface area contributed by atoms with Gasteiger partial charge in [0.05, 0.1) is 18.8 Å². The molecule has 2 heterocycles. The maximum atomic E-state index is 13.0. The Kier molecular flexibility index (Phi) is 4.12. The third kappa shape index (κ3) is 2.74. The number of nitrogens with zero attached hydrogens (tertiary/aromatic N) is 3. The zero-order chi connectivity index (χ0) is 16.5. The molecule has 24 heavy (non-hydrogen) atoms. The van der Waals surface area contributed by atoms with Crippen molar-refractivity contribution in [3.8, 4) is 5.75 Å². The van der Waals surface area contributed by atoms with Crippen LogP contribution in [0.2, 0.25) is 0 Å². The molecule has 3 aromatic rings.